The molecular weight excluding hydrogens is 326 g/mol. The van der Waals surface area contributed by atoms with Crippen LogP contribution >= 0.6 is 12.4 Å². The Morgan fingerprint density at radius 1 is 1.14 bits per heavy atom. The second kappa shape index (κ2) is 8.47. The fourth-order valence-corrected chi connectivity index (χ4v) is 3.90. The van der Waals surface area contributed by atoms with Crippen molar-refractivity contribution >= 4 is 28.3 Å². The van der Waals surface area contributed by atoms with Gasteiger partial charge in [0.1, 0.15) is 0 Å². The first-order valence-corrected chi connectivity index (χ1v) is 9.61. The first kappa shape index (κ1) is 19.7. The summed E-state index contributed by atoms with van der Waals surface area (Å²) in [6, 6.07) is 0. The number of rotatable bonds is 7. The van der Waals surface area contributed by atoms with E-state index in [9.17, 15) is 13.2 Å². The van der Waals surface area contributed by atoms with Gasteiger partial charge in [0.25, 0.3) is 0 Å². The van der Waals surface area contributed by atoms with E-state index in [1.54, 1.807) is 0 Å². The lowest BCUT2D eigenvalue weighted by Crippen LogP contribution is -2.55. The zero-order chi connectivity index (χ0) is 15.3. The molecule has 6 nitrogen and oxygen atoms in total. The van der Waals surface area contributed by atoms with Crippen LogP contribution in [0.2, 0.25) is 0 Å². The van der Waals surface area contributed by atoms with Crippen molar-refractivity contribution in [3.05, 3.63) is 0 Å². The molecule has 0 bridgehead atoms. The largest absolute Gasteiger partial charge is 0.353 e. The second-order valence-electron chi connectivity index (χ2n) is 6.44. The molecular formula is C14H28ClN3O3S. The van der Waals surface area contributed by atoms with Gasteiger partial charge in [-0.25, -0.2) is 13.1 Å². The highest BCUT2D eigenvalue weighted by atomic mass is 35.5. The summed E-state index contributed by atoms with van der Waals surface area (Å²) in [6.07, 6.45) is 7.82. The standard InChI is InChI=1S/C14H27N3O3S.ClH/c15-14(7-2-1-3-8-14)13(18)16-9-10-21(19,20)17-11-12-5-4-6-12;/h12,17H,1-11,15H2,(H,16,18);1H. The average Bonchev–Trinajstić information content (AvgIpc) is 2.37. The number of sulfonamides is 1. The Balaban J connectivity index is 0.00000242. The van der Waals surface area contributed by atoms with Crippen LogP contribution in [0.5, 0.6) is 0 Å². The molecule has 22 heavy (non-hydrogen) atoms. The monoisotopic (exact) mass is 353 g/mol. The van der Waals surface area contributed by atoms with E-state index < -0.39 is 15.6 Å². The van der Waals surface area contributed by atoms with Crippen molar-refractivity contribution < 1.29 is 13.2 Å². The van der Waals surface area contributed by atoms with Crippen molar-refractivity contribution in [2.24, 2.45) is 11.7 Å². The third-order valence-electron chi connectivity index (χ3n) is 4.67. The Labute approximate surface area is 139 Å². The van der Waals surface area contributed by atoms with Gasteiger partial charge in [0.05, 0.1) is 11.3 Å². The van der Waals surface area contributed by atoms with Gasteiger partial charge >= 0.3 is 0 Å². The summed E-state index contributed by atoms with van der Waals surface area (Å²) in [4.78, 5) is 12.1. The van der Waals surface area contributed by atoms with Crippen LogP contribution in [0.1, 0.15) is 51.4 Å². The van der Waals surface area contributed by atoms with E-state index in [4.69, 9.17) is 5.73 Å². The van der Waals surface area contributed by atoms with Crippen molar-refractivity contribution in [1.29, 1.82) is 0 Å². The van der Waals surface area contributed by atoms with Crippen LogP contribution in [0.25, 0.3) is 0 Å². The molecule has 8 heteroatoms. The minimum atomic E-state index is -3.30. The zero-order valence-electron chi connectivity index (χ0n) is 13.0. The van der Waals surface area contributed by atoms with Crippen LogP contribution < -0.4 is 15.8 Å². The van der Waals surface area contributed by atoms with Crippen LogP contribution in [0.3, 0.4) is 0 Å². The molecule has 0 radical (unpaired) electrons. The summed E-state index contributed by atoms with van der Waals surface area (Å²) in [5, 5.41) is 2.68. The molecule has 4 N–H and O–H groups in total. The molecule has 0 aliphatic heterocycles. The third kappa shape index (κ3) is 5.68. The van der Waals surface area contributed by atoms with Crippen molar-refractivity contribution in [2.75, 3.05) is 18.8 Å². The highest BCUT2D eigenvalue weighted by molar-refractivity contribution is 7.89. The molecule has 0 heterocycles. The summed E-state index contributed by atoms with van der Waals surface area (Å²) < 4.78 is 26.3. The molecule has 0 aromatic rings. The molecule has 0 unspecified atom stereocenters. The van der Waals surface area contributed by atoms with Crippen LogP contribution in [-0.4, -0.2) is 38.7 Å². The number of hydrogen-bond donors (Lipinski definition) is 3. The molecule has 130 valence electrons. The van der Waals surface area contributed by atoms with Gasteiger partial charge in [-0.3, -0.25) is 4.79 Å². The molecule has 1 amide bonds. The maximum Gasteiger partial charge on any atom is 0.240 e. The number of carbonyl (C=O) groups is 1. The molecule has 2 saturated carbocycles. The maximum absolute atomic E-state index is 12.1. The summed E-state index contributed by atoms with van der Waals surface area (Å²) >= 11 is 0. The van der Waals surface area contributed by atoms with Gasteiger partial charge < -0.3 is 11.1 Å². The van der Waals surface area contributed by atoms with Crippen LogP contribution in [0.4, 0.5) is 0 Å². The molecule has 2 aliphatic rings. The van der Waals surface area contributed by atoms with Gasteiger partial charge in [-0.05, 0) is 31.6 Å². The number of nitrogens with two attached hydrogens (primary N) is 1. The zero-order valence-corrected chi connectivity index (χ0v) is 14.6. The molecule has 0 spiro atoms. The number of nitrogens with one attached hydrogen (secondary N) is 2. The predicted molar refractivity (Wildman–Crippen MR) is 89.4 cm³/mol. The Morgan fingerprint density at radius 3 is 2.32 bits per heavy atom. The summed E-state index contributed by atoms with van der Waals surface area (Å²) in [6.45, 7) is 0.648. The van der Waals surface area contributed by atoms with Gasteiger partial charge in [0.15, 0.2) is 0 Å². The minimum Gasteiger partial charge on any atom is -0.353 e. The van der Waals surface area contributed by atoms with E-state index in [0.717, 1.165) is 32.1 Å². The van der Waals surface area contributed by atoms with E-state index in [0.29, 0.717) is 25.3 Å². The number of halogens is 1. The number of carbonyl (C=O) groups excluding carboxylic acids is 1. The summed E-state index contributed by atoms with van der Waals surface area (Å²) in [7, 11) is -3.30. The van der Waals surface area contributed by atoms with E-state index in [-0.39, 0.29) is 30.6 Å². The second-order valence-corrected chi connectivity index (χ2v) is 8.36. The topological polar surface area (TPSA) is 101 Å². The van der Waals surface area contributed by atoms with Gasteiger partial charge in [0.2, 0.25) is 15.9 Å². The lowest BCUT2D eigenvalue weighted by molar-refractivity contribution is -0.127. The molecule has 0 aromatic heterocycles. The van der Waals surface area contributed by atoms with Gasteiger partial charge in [-0.1, -0.05) is 25.7 Å². The van der Waals surface area contributed by atoms with Crippen molar-refractivity contribution in [3.63, 3.8) is 0 Å². The van der Waals surface area contributed by atoms with Crippen molar-refractivity contribution in [2.45, 2.75) is 56.9 Å². The molecule has 2 rings (SSSR count). The molecule has 0 saturated heterocycles. The third-order valence-corrected chi connectivity index (χ3v) is 6.02. The Kier molecular flexibility index (Phi) is 7.58. The van der Waals surface area contributed by atoms with Crippen LogP contribution in [0, 0.1) is 5.92 Å². The Bertz CT molecular complexity index is 460. The smallest absolute Gasteiger partial charge is 0.240 e. The molecule has 2 aliphatic carbocycles. The Morgan fingerprint density at radius 2 is 1.77 bits per heavy atom. The fraction of sp³-hybridized carbons (Fsp3) is 0.929. The number of amides is 1. The lowest BCUT2D eigenvalue weighted by atomic mass is 9.82. The first-order chi connectivity index (χ1) is 9.91. The maximum atomic E-state index is 12.1. The van der Waals surface area contributed by atoms with Crippen molar-refractivity contribution in [1.82, 2.24) is 10.0 Å². The fourth-order valence-electron chi connectivity index (χ4n) is 2.90. The minimum absolute atomic E-state index is 0. The highest BCUT2D eigenvalue weighted by Crippen LogP contribution is 2.26. The molecule has 2 fully saturated rings. The highest BCUT2D eigenvalue weighted by Gasteiger charge is 2.35. The van der Waals surface area contributed by atoms with Gasteiger partial charge in [-0.15, -0.1) is 12.4 Å². The summed E-state index contributed by atoms with van der Waals surface area (Å²) in [5.74, 6) is 0.196. The number of hydrogen-bond acceptors (Lipinski definition) is 4. The van der Waals surface area contributed by atoms with Gasteiger partial charge in [0, 0.05) is 13.1 Å². The van der Waals surface area contributed by atoms with Crippen molar-refractivity contribution in [3.8, 4) is 0 Å². The van der Waals surface area contributed by atoms with E-state index in [1.165, 1.54) is 6.42 Å². The van der Waals surface area contributed by atoms with E-state index in [2.05, 4.69) is 10.0 Å². The predicted octanol–water partition coefficient (Wildman–Crippen LogP) is 0.905. The van der Waals surface area contributed by atoms with Crippen LogP contribution in [-0.2, 0) is 14.8 Å². The van der Waals surface area contributed by atoms with E-state index in [1.807, 2.05) is 0 Å². The quantitative estimate of drug-likeness (QED) is 0.633. The summed E-state index contributed by atoms with van der Waals surface area (Å²) in [5.41, 5.74) is 5.30. The molecule has 0 aromatic carbocycles. The molecule has 0 atom stereocenters. The first-order valence-electron chi connectivity index (χ1n) is 7.96. The van der Waals surface area contributed by atoms with E-state index >= 15 is 0 Å². The Hall–Kier alpha value is -0.370. The van der Waals surface area contributed by atoms with Gasteiger partial charge in [-0.2, -0.15) is 0 Å². The SMILES string of the molecule is Cl.NC1(C(=O)NCCS(=O)(=O)NCC2CCC2)CCCCC1. The normalized spacial score (nSPS) is 21.5. The average molecular weight is 354 g/mol. The lowest BCUT2D eigenvalue weighted by Gasteiger charge is -2.31. The van der Waals surface area contributed by atoms with Crippen LogP contribution in [0.15, 0.2) is 0 Å².